The molecule has 6 heteroatoms. The summed E-state index contributed by atoms with van der Waals surface area (Å²) in [7, 11) is 1.60. The maximum absolute atomic E-state index is 13.1. The van der Waals surface area contributed by atoms with E-state index >= 15 is 0 Å². The molecule has 0 unspecified atom stereocenters. The summed E-state index contributed by atoms with van der Waals surface area (Å²) in [6, 6.07) is 14.5. The van der Waals surface area contributed by atoms with Crippen molar-refractivity contribution in [1.29, 1.82) is 0 Å². The van der Waals surface area contributed by atoms with Crippen LogP contribution in [0, 0.1) is 12.8 Å². The maximum Gasteiger partial charge on any atom is 0.258 e. The number of nitrogens with one attached hydrogen (secondary N) is 2. The molecule has 1 heterocycles. The molecule has 0 radical (unpaired) electrons. The Morgan fingerprint density at radius 3 is 2.23 bits per heavy atom. The van der Waals surface area contributed by atoms with E-state index in [4.69, 9.17) is 4.74 Å². The van der Waals surface area contributed by atoms with Crippen LogP contribution in [0.4, 0.5) is 10.7 Å². The lowest BCUT2D eigenvalue weighted by Crippen LogP contribution is -2.18. The number of methoxy groups -OCH3 is 1. The Morgan fingerprint density at radius 1 is 0.967 bits per heavy atom. The van der Waals surface area contributed by atoms with Crippen molar-refractivity contribution in [2.75, 3.05) is 17.7 Å². The number of hydrogen-bond donors (Lipinski definition) is 2. The van der Waals surface area contributed by atoms with Crippen LogP contribution in [-0.2, 0) is 6.42 Å². The second kappa shape index (κ2) is 9.59. The van der Waals surface area contributed by atoms with Gasteiger partial charge in [-0.05, 0) is 66.6 Å². The smallest absolute Gasteiger partial charge is 0.258 e. The van der Waals surface area contributed by atoms with Gasteiger partial charge in [-0.15, -0.1) is 11.3 Å². The lowest BCUT2D eigenvalue weighted by molar-refractivity contribution is 0.102. The summed E-state index contributed by atoms with van der Waals surface area (Å²) in [4.78, 5) is 25.8. The minimum Gasteiger partial charge on any atom is -0.497 e. The fourth-order valence-corrected chi connectivity index (χ4v) is 4.04. The summed E-state index contributed by atoms with van der Waals surface area (Å²) in [5.41, 5.74) is 3.76. The van der Waals surface area contributed by atoms with E-state index in [1.807, 2.05) is 24.4 Å². The molecule has 0 saturated heterocycles. The van der Waals surface area contributed by atoms with Crippen molar-refractivity contribution in [3.8, 4) is 5.75 Å². The lowest BCUT2D eigenvalue weighted by Gasteiger charge is -2.12. The van der Waals surface area contributed by atoms with Crippen LogP contribution in [0.15, 0.2) is 53.9 Å². The normalized spacial score (nSPS) is 10.7. The molecule has 30 heavy (non-hydrogen) atoms. The van der Waals surface area contributed by atoms with E-state index in [1.165, 1.54) is 11.3 Å². The summed E-state index contributed by atoms with van der Waals surface area (Å²) in [6.07, 6.45) is 0.752. The molecular formula is C24H26N2O3S. The number of carbonyl (C=O) groups excluding carboxylic acids is 2. The third-order valence-corrected chi connectivity index (χ3v) is 5.56. The second-order valence-electron chi connectivity index (χ2n) is 7.57. The zero-order valence-corrected chi connectivity index (χ0v) is 18.4. The van der Waals surface area contributed by atoms with Gasteiger partial charge in [-0.1, -0.05) is 31.5 Å². The minimum atomic E-state index is -0.240. The van der Waals surface area contributed by atoms with E-state index in [0.29, 0.717) is 27.7 Å². The molecule has 2 amide bonds. The summed E-state index contributed by atoms with van der Waals surface area (Å²) in [6.45, 7) is 6.18. The van der Waals surface area contributed by atoms with Crippen molar-refractivity contribution >= 4 is 33.8 Å². The van der Waals surface area contributed by atoms with E-state index in [1.54, 1.807) is 43.5 Å². The number of benzene rings is 2. The third-order valence-electron chi connectivity index (χ3n) is 4.61. The van der Waals surface area contributed by atoms with Crippen molar-refractivity contribution in [3.63, 3.8) is 0 Å². The van der Waals surface area contributed by atoms with Crippen LogP contribution < -0.4 is 15.4 Å². The number of rotatable bonds is 7. The summed E-state index contributed by atoms with van der Waals surface area (Å²) in [5.74, 6) is 0.630. The number of amides is 2. The fraction of sp³-hybridized carbons (Fsp3) is 0.250. The van der Waals surface area contributed by atoms with Crippen molar-refractivity contribution in [2.24, 2.45) is 5.92 Å². The van der Waals surface area contributed by atoms with Crippen molar-refractivity contribution in [2.45, 2.75) is 27.2 Å². The first-order valence-electron chi connectivity index (χ1n) is 9.81. The summed E-state index contributed by atoms with van der Waals surface area (Å²) < 4.78 is 5.16. The van der Waals surface area contributed by atoms with Crippen LogP contribution in [0.5, 0.6) is 5.75 Å². The van der Waals surface area contributed by atoms with E-state index in [9.17, 15) is 9.59 Å². The summed E-state index contributed by atoms with van der Waals surface area (Å²) >= 11 is 1.38. The van der Waals surface area contributed by atoms with Gasteiger partial charge in [0.05, 0.1) is 12.7 Å². The van der Waals surface area contributed by atoms with Crippen molar-refractivity contribution in [1.82, 2.24) is 0 Å². The second-order valence-corrected chi connectivity index (χ2v) is 8.45. The molecule has 2 N–H and O–H groups in total. The highest BCUT2D eigenvalue weighted by Gasteiger charge is 2.22. The van der Waals surface area contributed by atoms with Gasteiger partial charge >= 0.3 is 0 Å². The first-order chi connectivity index (χ1) is 14.4. The lowest BCUT2D eigenvalue weighted by atomic mass is 10.0. The molecule has 2 aromatic carbocycles. The molecule has 1 aromatic heterocycles. The average molecular weight is 423 g/mol. The van der Waals surface area contributed by atoms with Gasteiger partial charge in [-0.25, -0.2) is 0 Å². The van der Waals surface area contributed by atoms with Gasteiger partial charge < -0.3 is 15.4 Å². The van der Waals surface area contributed by atoms with Gasteiger partial charge in [-0.3, -0.25) is 9.59 Å². The maximum atomic E-state index is 13.1. The van der Waals surface area contributed by atoms with Gasteiger partial charge in [0, 0.05) is 11.3 Å². The molecule has 3 aromatic rings. The minimum absolute atomic E-state index is 0.230. The topological polar surface area (TPSA) is 67.4 Å². The van der Waals surface area contributed by atoms with Gasteiger partial charge in [0.15, 0.2) is 0 Å². The molecular weight excluding hydrogens is 396 g/mol. The van der Waals surface area contributed by atoms with Gasteiger partial charge in [0.1, 0.15) is 10.8 Å². The number of thiophene rings is 1. The number of aryl methyl sites for hydroxylation is 1. The van der Waals surface area contributed by atoms with Crippen molar-refractivity contribution in [3.05, 3.63) is 76.2 Å². The van der Waals surface area contributed by atoms with Crippen LogP contribution in [0.2, 0.25) is 0 Å². The molecule has 0 fully saturated rings. The fourth-order valence-electron chi connectivity index (χ4n) is 3.07. The highest BCUT2D eigenvalue weighted by atomic mass is 32.1. The molecule has 0 aliphatic rings. The zero-order valence-electron chi connectivity index (χ0n) is 17.6. The predicted octanol–water partition coefficient (Wildman–Crippen LogP) is 5.77. The van der Waals surface area contributed by atoms with E-state index < -0.39 is 0 Å². The Hall–Kier alpha value is -3.12. The Morgan fingerprint density at radius 2 is 1.63 bits per heavy atom. The van der Waals surface area contributed by atoms with Crippen LogP contribution in [0.25, 0.3) is 0 Å². The van der Waals surface area contributed by atoms with Crippen LogP contribution in [-0.4, -0.2) is 18.9 Å². The molecule has 0 bridgehead atoms. The number of anilines is 2. The number of hydrogen-bond acceptors (Lipinski definition) is 4. The average Bonchev–Trinajstić information content (AvgIpc) is 3.10. The van der Waals surface area contributed by atoms with Crippen LogP contribution in [0.3, 0.4) is 0 Å². The summed E-state index contributed by atoms with van der Waals surface area (Å²) in [5, 5.41) is 8.36. The molecule has 0 spiro atoms. The predicted molar refractivity (Wildman–Crippen MR) is 123 cm³/mol. The quantitative estimate of drug-likeness (QED) is 0.508. The van der Waals surface area contributed by atoms with E-state index in [-0.39, 0.29) is 11.8 Å². The number of carbonyl (C=O) groups is 2. The highest BCUT2D eigenvalue weighted by molar-refractivity contribution is 7.15. The standard InChI is InChI=1S/C24H26N2O3S/c1-15(2)13-18-14-30-24(26-22(27)17-7-5-16(3)6-8-17)21(18)23(28)25-19-9-11-20(29-4)12-10-19/h5-12,14-15H,13H2,1-4H3,(H,25,28)(H,26,27). The van der Waals surface area contributed by atoms with Crippen molar-refractivity contribution < 1.29 is 14.3 Å². The Bertz CT molecular complexity index is 1020. The van der Waals surface area contributed by atoms with Gasteiger partial charge in [-0.2, -0.15) is 0 Å². The largest absolute Gasteiger partial charge is 0.497 e. The Balaban J connectivity index is 1.86. The first kappa shape index (κ1) is 21.6. The van der Waals surface area contributed by atoms with Crippen LogP contribution in [0.1, 0.15) is 45.7 Å². The molecule has 5 nitrogen and oxygen atoms in total. The number of ether oxygens (including phenoxy) is 1. The highest BCUT2D eigenvalue weighted by Crippen LogP contribution is 2.31. The molecule has 156 valence electrons. The molecule has 0 aliphatic heterocycles. The molecule has 0 saturated carbocycles. The van der Waals surface area contributed by atoms with E-state index in [2.05, 4.69) is 24.5 Å². The monoisotopic (exact) mass is 422 g/mol. The first-order valence-corrected chi connectivity index (χ1v) is 10.7. The SMILES string of the molecule is COc1ccc(NC(=O)c2c(CC(C)C)csc2NC(=O)c2ccc(C)cc2)cc1. The molecule has 0 atom stereocenters. The third kappa shape index (κ3) is 5.27. The van der Waals surface area contributed by atoms with Gasteiger partial charge in [0.25, 0.3) is 11.8 Å². The van der Waals surface area contributed by atoms with E-state index in [0.717, 1.165) is 23.3 Å². The van der Waals surface area contributed by atoms with Gasteiger partial charge in [0.2, 0.25) is 0 Å². The Kier molecular flexibility index (Phi) is 6.90. The van der Waals surface area contributed by atoms with Crippen LogP contribution >= 0.6 is 11.3 Å². The molecule has 0 aliphatic carbocycles. The zero-order chi connectivity index (χ0) is 21.7. The molecule has 3 rings (SSSR count). The Labute approximate surface area is 181 Å².